The molecule has 0 aliphatic carbocycles. The monoisotopic (exact) mass is 681 g/mol. The molecule has 0 aromatic rings. The van der Waals surface area contributed by atoms with E-state index in [0.29, 0.717) is 37.9 Å². The minimum Gasteiger partial charge on any atom is -0.478 e. The molecule has 8 nitrogen and oxygen atoms in total. The number of carboxylic acid groups (broad SMARTS) is 2. The number of rotatable bonds is 28. The van der Waals surface area contributed by atoms with E-state index in [0.717, 1.165) is 103 Å². The van der Waals surface area contributed by atoms with Crippen LogP contribution in [0.5, 0.6) is 0 Å². The van der Waals surface area contributed by atoms with E-state index in [2.05, 4.69) is 55.4 Å². The van der Waals surface area contributed by atoms with E-state index in [1.807, 2.05) is 0 Å². The number of carbonyl (C=O) groups excluding carboxylic acids is 2. The highest BCUT2D eigenvalue weighted by atomic mass is 16.5. The maximum Gasteiger partial charge on any atom is 0.332 e. The Kier molecular flexibility index (Phi) is 31.3. The van der Waals surface area contributed by atoms with Crippen LogP contribution in [-0.4, -0.2) is 47.3 Å². The van der Waals surface area contributed by atoms with Gasteiger partial charge in [-0.15, -0.1) is 0 Å². The highest BCUT2D eigenvalue weighted by molar-refractivity contribution is 5.98. The maximum atomic E-state index is 11.7. The highest BCUT2D eigenvalue weighted by Gasteiger charge is 2.25. The van der Waals surface area contributed by atoms with Crippen LogP contribution in [0.1, 0.15) is 171 Å². The third-order valence-electron chi connectivity index (χ3n) is 9.32. The molecule has 0 saturated carbocycles. The van der Waals surface area contributed by atoms with Crippen LogP contribution in [0.15, 0.2) is 23.3 Å². The van der Waals surface area contributed by atoms with E-state index in [-0.39, 0.29) is 23.0 Å². The Morgan fingerprint density at radius 2 is 0.750 bits per heavy atom. The number of esters is 2. The first-order chi connectivity index (χ1) is 23.0. The number of aliphatic carboxylic acids is 2. The molecule has 0 fully saturated rings. The summed E-state index contributed by atoms with van der Waals surface area (Å²) in [5, 5.41) is 19.2. The van der Waals surface area contributed by atoms with E-state index in [1.54, 1.807) is 0 Å². The Labute approximate surface area is 293 Å². The predicted molar refractivity (Wildman–Crippen MR) is 196 cm³/mol. The van der Waals surface area contributed by atoms with Crippen LogP contribution in [0.3, 0.4) is 0 Å². The van der Waals surface area contributed by atoms with Gasteiger partial charge in [0.2, 0.25) is 0 Å². The van der Waals surface area contributed by atoms with E-state index < -0.39 is 23.9 Å². The topological polar surface area (TPSA) is 127 Å². The molecule has 0 aromatic carbocycles. The minimum absolute atomic E-state index is 0.125. The lowest BCUT2D eigenvalue weighted by atomic mass is 9.85. The Morgan fingerprint density at radius 3 is 0.979 bits per heavy atom. The van der Waals surface area contributed by atoms with Crippen LogP contribution in [0.4, 0.5) is 0 Å². The molecule has 0 radical (unpaired) electrons. The molecular weight excluding hydrogens is 608 g/mol. The van der Waals surface area contributed by atoms with Crippen LogP contribution in [-0.2, 0) is 28.7 Å². The molecule has 0 amide bonds. The number of ether oxygens (including phenoxy) is 2. The molecule has 2 N–H and O–H groups in total. The van der Waals surface area contributed by atoms with E-state index in [1.165, 1.54) is 12.2 Å². The second-order valence-electron chi connectivity index (χ2n) is 13.2. The zero-order chi connectivity index (χ0) is 36.7. The molecular formula is C40H72O8. The Bertz CT molecular complexity index is 850. The standard InChI is InChI=1S/2C20H36O4/c1-5-9-11-15(7-3)13-17(19(21)22)18(20(23)24)14-16(8-4)12-10-6-2;1-5-9-11-17(7-3)15-23-19(21)13-14-20(22)24-16-18(8-4)12-10-6-2/h15-16H,5-14H2,1-4H3,(H,21,22)(H,23,24);13-14,17-18H,5-12,15-16H2,1-4H3/b18-17-;14-13-. The third-order valence-corrected chi connectivity index (χ3v) is 9.32. The fraction of sp³-hybridized carbons (Fsp3) is 0.800. The van der Waals surface area contributed by atoms with Crippen LogP contribution >= 0.6 is 0 Å². The first-order valence-electron chi connectivity index (χ1n) is 19.2. The number of hydrogen-bond donors (Lipinski definition) is 2. The normalized spacial score (nSPS) is 14.2. The summed E-state index contributed by atoms with van der Waals surface area (Å²) in [6.45, 7) is 17.7. The molecule has 8 heteroatoms. The highest BCUT2D eigenvalue weighted by Crippen LogP contribution is 2.29. The van der Waals surface area contributed by atoms with Crippen molar-refractivity contribution < 1.29 is 38.9 Å². The van der Waals surface area contributed by atoms with Crippen molar-refractivity contribution in [3.63, 3.8) is 0 Å². The number of carboxylic acids is 2. The zero-order valence-electron chi connectivity index (χ0n) is 32.0. The van der Waals surface area contributed by atoms with Crippen molar-refractivity contribution in [2.75, 3.05) is 13.2 Å². The second kappa shape index (κ2) is 31.6. The minimum atomic E-state index is -1.06. The number of unbranched alkanes of at least 4 members (excludes halogenated alkanes) is 4. The van der Waals surface area contributed by atoms with Gasteiger partial charge in [-0.1, -0.05) is 145 Å². The number of carbonyl (C=O) groups is 4. The van der Waals surface area contributed by atoms with Crippen molar-refractivity contribution >= 4 is 23.9 Å². The van der Waals surface area contributed by atoms with Crippen molar-refractivity contribution in [3.8, 4) is 0 Å². The fourth-order valence-electron chi connectivity index (χ4n) is 5.57. The van der Waals surface area contributed by atoms with Gasteiger partial charge in [0.1, 0.15) is 0 Å². The van der Waals surface area contributed by atoms with Crippen molar-refractivity contribution in [2.45, 2.75) is 171 Å². The molecule has 48 heavy (non-hydrogen) atoms. The predicted octanol–water partition coefficient (Wildman–Crippen LogP) is 10.7. The average Bonchev–Trinajstić information content (AvgIpc) is 3.08. The average molecular weight is 681 g/mol. The summed E-state index contributed by atoms with van der Waals surface area (Å²) in [5.74, 6) is -1.77. The Morgan fingerprint density at radius 1 is 0.479 bits per heavy atom. The molecule has 0 spiro atoms. The first kappa shape index (κ1) is 47.5. The molecule has 0 aromatic heterocycles. The van der Waals surface area contributed by atoms with Gasteiger partial charge in [-0.2, -0.15) is 0 Å². The summed E-state index contributed by atoms with van der Waals surface area (Å²) < 4.78 is 10.4. The van der Waals surface area contributed by atoms with Crippen LogP contribution < -0.4 is 0 Å². The fourth-order valence-corrected chi connectivity index (χ4v) is 5.57. The van der Waals surface area contributed by atoms with Crippen LogP contribution in [0.2, 0.25) is 0 Å². The van der Waals surface area contributed by atoms with Gasteiger partial charge in [0, 0.05) is 23.3 Å². The lowest BCUT2D eigenvalue weighted by Gasteiger charge is -2.19. The molecule has 280 valence electrons. The van der Waals surface area contributed by atoms with E-state index in [9.17, 15) is 29.4 Å². The molecule has 0 heterocycles. The molecule has 0 bridgehead atoms. The molecule has 0 rings (SSSR count). The zero-order valence-corrected chi connectivity index (χ0v) is 32.0. The number of hydrogen-bond acceptors (Lipinski definition) is 6. The Balaban J connectivity index is 0. The van der Waals surface area contributed by atoms with Gasteiger partial charge in [-0.25, -0.2) is 19.2 Å². The molecule has 0 aliphatic heterocycles. The van der Waals surface area contributed by atoms with Gasteiger partial charge in [-0.05, 0) is 49.4 Å². The largest absolute Gasteiger partial charge is 0.478 e. The summed E-state index contributed by atoms with van der Waals surface area (Å²) in [7, 11) is 0. The smallest absolute Gasteiger partial charge is 0.332 e. The summed E-state index contributed by atoms with van der Waals surface area (Å²) in [6.07, 6.45) is 19.8. The van der Waals surface area contributed by atoms with Gasteiger partial charge in [0.25, 0.3) is 0 Å². The SMILES string of the molecule is CCCCC(CC)C/C(C(=O)O)=C(\CC(CC)CCCC)C(=O)O.CCCCC(CC)COC(=O)/C=C\C(=O)OCC(CC)CCCC. The molecule has 4 unspecified atom stereocenters. The van der Waals surface area contributed by atoms with Crippen molar-refractivity contribution in [1.29, 1.82) is 0 Å². The van der Waals surface area contributed by atoms with Gasteiger partial charge in [0.05, 0.1) is 13.2 Å². The van der Waals surface area contributed by atoms with Crippen molar-refractivity contribution in [3.05, 3.63) is 23.3 Å². The summed E-state index contributed by atoms with van der Waals surface area (Å²) in [4.78, 5) is 46.8. The van der Waals surface area contributed by atoms with Gasteiger partial charge in [0.15, 0.2) is 0 Å². The second-order valence-corrected chi connectivity index (χ2v) is 13.2. The lowest BCUT2D eigenvalue weighted by Crippen LogP contribution is -2.17. The van der Waals surface area contributed by atoms with Crippen molar-refractivity contribution in [1.82, 2.24) is 0 Å². The van der Waals surface area contributed by atoms with E-state index >= 15 is 0 Å². The quantitative estimate of drug-likeness (QED) is 0.0617. The summed E-state index contributed by atoms with van der Waals surface area (Å²) in [5.41, 5.74) is 0.251. The van der Waals surface area contributed by atoms with Crippen LogP contribution in [0, 0.1) is 23.7 Å². The van der Waals surface area contributed by atoms with Gasteiger partial charge in [-0.3, -0.25) is 0 Å². The third kappa shape index (κ3) is 24.5. The molecule has 0 saturated heterocycles. The van der Waals surface area contributed by atoms with Gasteiger partial charge < -0.3 is 19.7 Å². The lowest BCUT2D eigenvalue weighted by molar-refractivity contribution is -0.142. The van der Waals surface area contributed by atoms with Gasteiger partial charge >= 0.3 is 23.9 Å². The summed E-state index contributed by atoms with van der Waals surface area (Å²) >= 11 is 0. The first-order valence-corrected chi connectivity index (χ1v) is 19.2. The summed E-state index contributed by atoms with van der Waals surface area (Å²) in [6, 6.07) is 0. The molecule has 4 atom stereocenters. The maximum absolute atomic E-state index is 11.7. The van der Waals surface area contributed by atoms with Crippen LogP contribution in [0.25, 0.3) is 0 Å². The van der Waals surface area contributed by atoms with Crippen molar-refractivity contribution in [2.24, 2.45) is 23.7 Å². The Hall–Kier alpha value is -2.64. The van der Waals surface area contributed by atoms with E-state index in [4.69, 9.17) is 9.47 Å². The molecule has 0 aliphatic rings.